The second kappa shape index (κ2) is 14.0. The summed E-state index contributed by atoms with van der Waals surface area (Å²) in [5, 5.41) is 17.3. The molecule has 0 spiro atoms. The van der Waals surface area contributed by atoms with Crippen LogP contribution in [0.15, 0.2) is 0 Å². The number of hydrazine groups is 1. The summed E-state index contributed by atoms with van der Waals surface area (Å²) in [5.74, 6) is 1.12. The van der Waals surface area contributed by atoms with E-state index in [9.17, 15) is 9.59 Å². The van der Waals surface area contributed by atoms with E-state index in [4.69, 9.17) is 4.84 Å². The van der Waals surface area contributed by atoms with E-state index >= 15 is 0 Å². The first-order valence-electron chi connectivity index (χ1n) is 14.3. The van der Waals surface area contributed by atoms with E-state index in [1.54, 1.807) is 0 Å². The number of piperidine rings is 1. The van der Waals surface area contributed by atoms with Crippen molar-refractivity contribution in [1.29, 1.82) is 0 Å². The molecular weight excluding hydrogens is 460 g/mol. The Balaban J connectivity index is 1.03. The molecular formula is C25H48N8O3. The maximum absolute atomic E-state index is 12.3. The predicted molar refractivity (Wildman–Crippen MR) is 138 cm³/mol. The third kappa shape index (κ3) is 7.83. The molecule has 0 bridgehead atoms. The van der Waals surface area contributed by atoms with Gasteiger partial charge in [-0.15, -0.1) is 0 Å². The fraction of sp³-hybridized carbons (Fsp3) is 0.920. The van der Waals surface area contributed by atoms with E-state index in [0.717, 1.165) is 58.0 Å². The van der Waals surface area contributed by atoms with Crippen molar-refractivity contribution in [2.45, 2.75) is 109 Å². The first-order valence-corrected chi connectivity index (χ1v) is 14.3. The van der Waals surface area contributed by atoms with Crippen LogP contribution in [0.1, 0.15) is 78.1 Å². The molecule has 8 unspecified atom stereocenters. The SMILES string of the molecule is CCC(C)NC1CCC(C2NOC(CCC(=O)NCCCNC3NNC(=O)C4CCCCC34)N2)CN1. The van der Waals surface area contributed by atoms with Crippen molar-refractivity contribution in [1.82, 2.24) is 42.9 Å². The zero-order valence-corrected chi connectivity index (χ0v) is 22.0. The summed E-state index contributed by atoms with van der Waals surface area (Å²) < 4.78 is 0. The number of carbonyl (C=O) groups is 2. The van der Waals surface area contributed by atoms with Gasteiger partial charge in [-0.2, -0.15) is 5.48 Å². The smallest absolute Gasteiger partial charge is 0.237 e. The van der Waals surface area contributed by atoms with Crippen molar-refractivity contribution < 1.29 is 14.4 Å². The van der Waals surface area contributed by atoms with Crippen LogP contribution in [0.2, 0.25) is 0 Å². The highest BCUT2D eigenvalue weighted by Crippen LogP contribution is 2.33. The molecule has 8 N–H and O–H groups in total. The van der Waals surface area contributed by atoms with Crippen LogP contribution in [0.3, 0.4) is 0 Å². The zero-order valence-electron chi connectivity index (χ0n) is 22.0. The van der Waals surface area contributed by atoms with Crippen LogP contribution in [-0.4, -0.2) is 62.2 Å². The normalized spacial score (nSPS) is 35.6. The lowest BCUT2D eigenvalue weighted by Crippen LogP contribution is -2.64. The third-order valence-corrected chi connectivity index (χ3v) is 8.33. The molecule has 0 aromatic heterocycles. The van der Waals surface area contributed by atoms with Gasteiger partial charge < -0.3 is 16.0 Å². The van der Waals surface area contributed by atoms with Crippen LogP contribution in [-0.2, 0) is 14.4 Å². The van der Waals surface area contributed by atoms with Gasteiger partial charge in [0.2, 0.25) is 11.8 Å². The average molecular weight is 509 g/mol. The molecule has 36 heavy (non-hydrogen) atoms. The maximum Gasteiger partial charge on any atom is 0.237 e. The zero-order chi connectivity index (χ0) is 25.3. The summed E-state index contributed by atoms with van der Waals surface area (Å²) in [6.07, 6.45) is 10.1. The van der Waals surface area contributed by atoms with Crippen molar-refractivity contribution in [3.63, 3.8) is 0 Å². The molecule has 8 atom stereocenters. The number of hydroxylamine groups is 1. The minimum absolute atomic E-state index is 0.0533. The van der Waals surface area contributed by atoms with Gasteiger partial charge in [0, 0.05) is 43.3 Å². The van der Waals surface area contributed by atoms with Gasteiger partial charge in [0.05, 0.1) is 18.5 Å². The minimum Gasteiger partial charge on any atom is -0.356 e. The van der Waals surface area contributed by atoms with E-state index < -0.39 is 0 Å². The summed E-state index contributed by atoms with van der Waals surface area (Å²) in [6, 6.07) is 0.527. The van der Waals surface area contributed by atoms with E-state index in [0.29, 0.717) is 43.4 Å². The molecule has 11 nitrogen and oxygen atoms in total. The highest BCUT2D eigenvalue weighted by molar-refractivity contribution is 5.79. The summed E-state index contributed by atoms with van der Waals surface area (Å²) in [6.45, 7) is 6.79. The quantitative estimate of drug-likeness (QED) is 0.173. The Hall–Kier alpha value is -1.34. The van der Waals surface area contributed by atoms with Gasteiger partial charge in [0.15, 0.2) is 0 Å². The average Bonchev–Trinajstić information content (AvgIpc) is 3.38. The Bertz CT molecular complexity index is 705. The highest BCUT2D eigenvalue weighted by atomic mass is 16.7. The third-order valence-electron chi connectivity index (χ3n) is 8.33. The van der Waals surface area contributed by atoms with Crippen LogP contribution >= 0.6 is 0 Å². The largest absolute Gasteiger partial charge is 0.356 e. The van der Waals surface area contributed by atoms with E-state index in [1.165, 1.54) is 6.42 Å². The van der Waals surface area contributed by atoms with Gasteiger partial charge in [-0.3, -0.25) is 30.5 Å². The number of fused-ring (bicyclic) bond motifs is 1. The van der Waals surface area contributed by atoms with Crippen LogP contribution < -0.4 is 42.9 Å². The topological polar surface area (TPSA) is 140 Å². The van der Waals surface area contributed by atoms with Crippen LogP contribution in [0.25, 0.3) is 0 Å². The second-order valence-corrected chi connectivity index (χ2v) is 11.0. The molecule has 0 radical (unpaired) electrons. The van der Waals surface area contributed by atoms with Gasteiger partial charge in [0.1, 0.15) is 6.23 Å². The fourth-order valence-corrected chi connectivity index (χ4v) is 5.92. The standard InChI is InChI=1S/C25H48N8O3/c1-3-16(2)29-20-10-9-17(15-28-20)23-30-22(36-33-23)12-11-21(34)26-13-6-14-27-24-18-7-4-5-8-19(18)25(35)32-31-24/h16-20,22-24,27-31,33H,3-15H2,1-2H3,(H,26,34)(H,32,35). The molecule has 2 amide bonds. The van der Waals surface area contributed by atoms with Crippen LogP contribution in [0, 0.1) is 17.8 Å². The number of nitrogens with one attached hydrogen (secondary N) is 8. The van der Waals surface area contributed by atoms with Crippen LogP contribution in [0.5, 0.6) is 0 Å². The summed E-state index contributed by atoms with van der Waals surface area (Å²) >= 11 is 0. The second-order valence-electron chi connectivity index (χ2n) is 11.0. The van der Waals surface area contributed by atoms with Gasteiger partial charge in [-0.1, -0.05) is 19.8 Å². The predicted octanol–water partition coefficient (Wildman–Crippen LogP) is 0.120. The number of hydrogen-bond acceptors (Lipinski definition) is 9. The lowest BCUT2D eigenvalue weighted by molar-refractivity contribution is -0.134. The fourth-order valence-electron chi connectivity index (χ4n) is 5.92. The molecule has 3 aliphatic heterocycles. The Morgan fingerprint density at radius 2 is 2.03 bits per heavy atom. The Labute approximate surface area is 215 Å². The lowest BCUT2D eigenvalue weighted by atomic mass is 9.76. The Morgan fingerprint density at radius 3 is 2.83 bits per heavy atom. The van der Waals surface area contributed by atoms with Crippen LogP contribution in [0.4, 0.5) is 0 Å². The molecule has 11 heteroatoms. The van der Waals surface area contributed by atoms with Crippen molar-refractivity contribution in [2.24, 2.45) is 17.8 Å². The van der Waals surface area contributed by atoms with Gasteiger partial charge in [0.25, 0.3) is 0 Å². The minimum atomic E-state index is -0.144. The molecule has 3 heterocycles. The molecule has 0 aromatic carbocycles. The molecule has 1 saturated carbocycles. The van der Waals surface area contributed by atoms with E-state index in [-0.39, 0.29) is 36.3 Å². The van der Waals surface area contributed by atoms with Gasteiger partial charge in [-0.05, 0) is 58.4 Å². The van der Waals surface area contributed by atoms with Crippen molar-refractivity contribution in [3.8, 4) is 0 Å². The van der Waals surface area contributed by atoms with Crippen molar-refractivity contribution >= 4 is 11.8 Å². The van der Waals surface area contributed by atoms with Gasteiger partial charge >= 0.3 is 0 Å². The summed E-state index contributed by atoms with van der Waals surface area (Å²) in [4.78, 5) is 30.1. The maximum atomic E-state index is 12.3. The molecule has 4 rings (SSSR count). The number of amides is 2. The summed E-state index contributed by atoms with van der Waals surface area (Å²) in [5.41, 5.74) is 9.08. The number of carbonyl (C=O) groups excluding carboxylic acids is 2. The Kier molecular flexibility index (Phi) is 10.8. The Morgan fingerprint density at radius 1 is 1.17 bits per heavy atom. The lowest BCUT2D eigenvalue weighted by Gasteiger charge is -2.41. The van der Waals surface area contributed by atoms with Gasteiger partial charge in [-0.25, -0.2) is 5.43 Å². The first kappa shape index (κ1) is 27.7. The molecule has 206 valence electrons. The van der Waals surface area contributed by atoms with E-state index in [1.807, 2.05) is 0 Å². The first-order chi connectivity index (χ1) is 17.5. The number of hydrogen-bond donors (Lipinski definition) is 8. The van der Waals surface area contributed by atoms with E-state index in [2.05, 4.69) is 56.8 Å². The highest BCUT2D eigenvalue weighted by Gasteiger charge is 2.39. The van der Waals surface area contributed by atoms with Crippen molar-refractivity contribution in [2.75, 3.05) is 19.6 Å². The monoisotopic (exact) mass is 508 g/mol. The summed E-state index contributed by atoms with van der Waals surface area (Å²) in [7, 11) is 0. The molecule has 4 fully saturated rings. The number of rotatable bonds is 12. The van der Waals surface area contributed by atoms with Crippen molar-refractivity contribution in [3.05, 3.63) is 0 Å². The molecule has 0 aromatic rings. The molecule has 4 aliphatic rings. The molecule has 3 saturated heterocycles. The molecule has 1 aliphatic carbocycles.